The molecular formula is C29H33N3O. The molecule has 1 aliphatic heterocycles. The number of allylic oxidation sites excluding steroid dienone is 1. The Bertz CT molecular complexity index is 1190. The highest BCUT2D eigenvalue weighted by atomic mass is 16.2. The highest BCUT2D eigenvalue weighted by Crippen LogP contribution is 2.39. The lowest BCUT2D eigenvalue weighted by Gasteiger charge is -2.36. The Hall–Kier alpha value is -2.98. The zero-order valence-corrected chi connectivity index (χ0v) is 19.9. The number of hydrogen-bond acceptors (Lipinski definition) is 3. The predicted molar refractivity (Wildman–Crippen MR) is 136 cm³/mol. The molecule has 2 aromatic carbocycles. The molecule has 0 radical (unpaired) electrons. The first-order valence-corrected chi connectivity index (χ1v) is 12.1. The van der Waals surface area contributed by atoms with Crippen molar-refractivity contribution in [1.29, 1.82) is 0 Å². The Kier molecular flexibility index (Phi) is 6.03. The SMILES string of the molecule is CC1C/C(=C/c2ccccc2)c2nc3ccccc3c(C(=O)N(C)C3CCN(C)CC3)c2C1. The number of benzene rings is 2. The summed E-state index contributed by atoms with van der Waals surface area (Å²) >= 11 is 0. The molecule has 1 fully saturated rings. The van der Waals surface area contributed by atoms with Crippen LogP contribution in [0.3, 0.4) is 0 Å². The zero-order chi connectivity index (χ0) is 22.9. The van der Waals surface area contributed by atoms with Crippen LogP contribution in [0.1, 0.15) is 53.4 Å². The molecule has 1 amide bonds. The number of carbonyl (C=O) groups excluding carboxylic acids is 1. The number of piperidine rings is 1. The molecule has 0 bridgehead atoms. The number of aromatic nitrogens is 1. The van der Waals surface area contributed by atoms with Crippen molar-refractivity contribution in [1.82, 2.24) is 14.8 Å². The Balaban J connectivity index is 1.64. The van der Waals surface area contributed by atoms with E-state index in [2.05, 4.69) is 55.3 Å². The number of carbonyl (C=O) groups is 1. The van der Waals surface area contributed by atoms with Crippen molar-refractivity contribution in [3.63, 3.8) is 0 Å². The van der Waals surface area contributed by atoms with Crippen LogP contribution in [0.5, 0.6) is 0 Å². The number of nitrogens with zero attached hydrogens (tertiary/aromatic N) is 3. The van der Waals surface area contributed by atoms with Crippen LogP contribution in [-0.4, -0.2) is 53.9 Å². The minimum absolute atomic E-state index is 0.146. The molecule has 4 heteroatoms. The van der Waals surface area contributed by atoms with Gasteiger partial charge in [-0.2, -0.15) is 0 Å². The Morgan fingerprint density at radius 3 is 2.48 bits per heavy atom. The predicted octanol–water partition coefficient (Wildman–Crippen LogP) is 5.52. The summed E-state index contributed by atoms with van der Waals surface area (Å²) in [6.07, 6.45) is 6.18. The van der Waals surface area contributed by atoms with E-state index in [1.807, 2.05) is 36.2 Å². The lowest BCUT2D eigenvalue weighted by molar-refractivity contribution is 0.0660. The first kappa shape index (κ1) is 21.8. The number of hydrogen-bond donors (Lipinski definition) is 0. The second-order valence-electron chi connectivity index (χ2n) is 9.88. The number of pyridine rings is 1. The van der Waals surface area contributed by atoms with Gasteiger partial charge in [0.15, 0.2) is 0 Å². The summed E-state index contributed by atoms with van der Waals surface area (Å²) in [6, 6.07) is 18.9. The highest BCUT2D eigenvalue weighted by molar-refractivity contribution is 6.09. The topological polar surface area (TPSA) is 36.4 Å². The van der Waals surface area contributed by atoms with Crippen LogP contribution in [-0.2, 0) is 6.42 Å². The summed E-state index contributed by atoms with van der Waals surface area (Å²) in [6.45, 7) is 4.36. The van der Waals surface area contributed by atoms with Gasteiger partial charge in [-0.3, -0.25) is 4.79 Å². The van der Waals surface area contributed by atoms with Gasteiger partial charge in [-0.1, -0.05) is 55.5 Å². The zero-order valence-electron chi connectivity index (χ0n) is 19.9. The van der Waals surface area contributed by atoms with Crippen LogP contribution in [0.15, 0.2) is 54.6 Å². The Morgan fingerprint density at radius 2 is 1.73 bits per heavy atom. The third kappa shape index (κ3) is 4.32. The normalized spacial score (nSPS) is 20.7. The third-order valence-electron chi connectivity index (χ3n) is 7.33. The van der Waals surface area contributed by atoms with Crippen molar-refractivity contribution >= 4 is 28.5 Å². The van der Waals surface area contributed by atoms with Crippen LogP contribution >= 0.6 is 0 Å². The van der Waals surface area contributed by atoms with E-state index >= 15 is 0 Å². The van der Waals surface area contributed by atoms with Crippen LogP contribution in [0.2, 0.25) is 0 Å². The molecule has 0 N–H and O–H groups in total. The largest absolute Gasteiger partial charge is 0.339 e. The first-order chi connectivity index (χ1) is 16.0. The summed E-state index contributed by atoms with van der Waals surface area (Å²) in [4.78, 5) is 23.5. The van der Waals surface area contributed by atoms with E-state index in [0.29, 0.717) is 5.92 Å². The van der Waals surface area contributed by atoms with E-state index in [1.165, 1.54) is 11.1 Å². The van der Waals surface area contributed by atoms with Gasteiger partial charge in [0.1, 0.15) is 0 Å². The Labute approximate surface area is 196 Å². The monoisotopic (exact) mass is 439 g/mol. The molecule has 0 spiro atoms. The molecule has 0 saturated carbocycles. The lowest BCUT2D eigenvalue weighted by atomic mass is 9.80. The van der Waals surface area contributed by atoms with Gasteiger partial charge in [0.05, 0.1) is 16.8 Å². The summed E-state index contributed by atoms with van der Waals surface area (Å²) in [7, 11) is 4.15. The van der Waals surface area contributed by atoms with Gasteiger partial charge in [0, 0.05) is 18.5 Å². The fourth-order valence-corrected chi connectivity index (χ4v) is 5.45. The highest BCUT2D eigenvalue weighted by Gasteiger charge is 2.32. The maximum Gasteiger partial charge on any atom is 0.254 e. The van der Waals surface area contributed by atoms with Gasteiger partial charge in [0.2, 0.25) is 0 Å². The molecule has 1 aromatic heterocycles. The van der Waals surface area contributed by atoms with E-state index in [1.54, 1.807) is 0 Å². The third-order valence-corrected chi connectivity index (χ3v) is 7.33. The minimum Gasteiger partial charge on any atom is -0.339 e. The Morgan fingerprint density at radius 1 is 1.03 bits per heavy atom. The average Bonchev–Trinajstić information content (AvgIpc) is 2.83. The van der Waals surface area contributed by atoms with Crippen molar-refractivity contribution < 1.29 is 4.79 Å². The molecule has 1 unspecified atom stereocenters. The fourth-order valence-electron chi connectivity index (χ4n) is 5.45. The van der Waals surface area contributed by atoms with Crippen LogP contribution in [0.25, 0.3) is 22.6 Å². The van der Waals surface area contributed by atoms with Crippen molar-refractivity contribution in [3.8, 4) is 0 Å². The molecule has 2 heterocycles. The molecule has 1 aliphatic carbocycles. The number of rotatable bonds is 3. The quantitative estimate of drug-likeness (QED) is 0.539. The molecule has 3 aromatic rings. The van der Waals surface area contributed by atoms with Crippen molar-refractivity contribution in [2.75, 3.05) is 27.2 Å². The van der Waals surface area contributed by atoms with Crippen LogP contribution in [0, 0.1) is 5.92 Å². The second kappa shape index (κ2) is 9.11. The van der Waals surface area contributed by atoms with Crippen molar-refractivity contribution in [2.45, 2.75) is 38.6 Å². The molecule has 1 saturated heterocycles. The van der Waals surface area contributed by atoms with E-state index < -0.39 is 0 Å². The van der Waals surface area contributed by atoms with Crippen molar-refractivity contribution in [3.05, 3.63) is 77.0 Å². The maximum atomic E-state index is 14.0. The molecule has 33 heavy (non-hydrogen) atoms. The van der Waals surface area contributed by atoms with Gasteiger partial charge in [-0.25, -0.2) is 4.98 Å². The van der Waals surface area contributed by atoms with Gasteiger partial charge in [-0.15, -0.1) is 0 Å². The molecular weight excluding hydrogens is 406 g/mol. The second-order valence-corrected chi connectivity index (χ2v) is 9.88. The lowest BCUT2D eigenvalue weighted by Crippen LogP contribution is -2.44. The molecule has 5 rings (SSSR count). The molecule has 1 atom stereocenters. The summed E-state index contributed by atoms with van der Waals surface area (Å²) < 4.78 is 0. The maximum absolute atomic E-state index is 14.0. The summed E-state index contributed by atoms with van der Waals surface area (Å²) in [5.74, 6) is 0.614. The van der Waals surface area contributed by atoms with E-state index in [9.17, 15) is 4.79 Å². The minimum atomic E-state index is 0.146. The van der Waals surface area contributed by atoms with Crippen molar-refractivity contribution in [2.24, 2.45) is 5.92 Å². The smallest absolute Gasteiger partial charge is 0.254 e. The standard InChI is InChI=1S/C29H33N3O/c1-20-17-22(19-21-9-5-4-6-10-21)28-25(18-20)27(24-11-7-8-12-26(24)30-28)29(33)32(3)23-13-15-31(2)16-14-23/h4-12,19-20,23H,13-18H2,1-3H3/b22-19-. The number of likely N-dealkylation sites (tertiary alicyclic amines) is 1. The van der Waals surface area contributed by atoms with E-state index in [4.69, 9.17) is 4.98 Å². The summed E-state index contributed by atoms with van der Waals surface area (Å²) in [5.41, 5.74) is 6.32. The van der Waals surface area contributed by atoms with E-state index in [-0.39, 0.29) is 11.9 Å². The van der Waals surface area contributed by atoms with Gasteiger partial charge >= 0.3 is 0 Å². The average molecular weight is 440 g/mol. The van der Waals surface area contributed by atoms with E-state index in [0.717, 1.165) is 66.5 Å². The number of amides is 1. The number of para-hydroxylation sites is 1. The van der Waals surface area contributed by atoms with Gasteiger partial charge in [-0.05, 0) is 80.6 Å². The van der Waals surface area contributed by atoms with Gasteiger partial charge < -0.3 is 9.80 Å². The van der Waals surface area contributed by atoms with Crippen LogP contribution in [0.4, 0.5) is 0 Å². The summed E-state index contributed by atoms with van der Waals surface area (Å²) in [5, 5.41) is 0.981. The first-order valence-electron chi connectivity index (χ1n) is 12.1. The number of fused-ring (bicyclic) bond motifs is 2. The molecule has 170 valence electrons. The molecule has 4 nitrogen and oxygen atoms in total. The van der Waals surface area contributed by atoms with Gasteiger partial charge in [0.25, 0.3) is 5.91 Å². The molecule has 2 aliphatic rings. The van der Waals surface area contributed by atoms with Crippen LogP contribution < -0.4 is 0 Å². The fraction of sp³-hybridized carbons (Fsp3) is 0.379.